The lowest BCUT2D eigenvalue weighted by atomic mass is 10.0. The largest absolute Gasteiger partial charge is 0.486 e. The molecule has 1 heterocycles. The monoisotopic (exact) mass is 387 g/mol. The van der Waals surface area contributed by atoms with E-state index in [0.717, 1.165) is 4.90 Å². The minimum Gasteiger partial charge on any atom is -0.486 e. The van der Waals surface area contributed by atoms with Gasteiger partial charge in [-0.25, -0.2) is 4.79 Å². The number of nitrogens with one attached hydrogen (secondary N) is 1. The summed E-state index contributed by atoms with van der Waals surface area (Å²) in [6.07, 6.45) is 2.23. The molecule has 0 radical (unpaired) electrons. The molecule has 0 bridgehead atoms. The summed E-state index contributed by atoms with van der Waals surface area (Å²) in [5.74, 6) is -0.582. The average molecular weight is 387 g/mol. The van der Waals surface area contributed by atoms with Gasteiger partial charge in [0.15, 0.2) is 0 Å². The van der Waals surface area contributed by atoms with Crippen molar-refractivity contribution in [2.45, 2.75) is 23.5 Å². The number of hydrogen-bond acceptors (Lipinski definition) is 5. The summed E-state index contributed by atoms with van der Waals surface area (Å²) >= 11 is 1.53. The number of amides is 1. The molecule has 2 aromatic rings. The quantitative estimate of drug-likeness (QED) is 0.741. The van der Waals surface area contributed by atoms with Crippen LogP contribution in [0.1, 0.15) is 27.1 Å². The van der Waals surface area contributed by atoms with Crippen LogP contribution in [-0.2, 0) is 4.74 Å². The number of hydrogen-bond donors (Lipinski definition) is 2. The standard InChI is InChI=1S/C20H21NO5S/c1-27-18-5-3-2-4-15(18)19(22)21-16-10-11-25-12-17(16)26-14-8-6-13(7-9-14)20(23)24/h2-9,16-17H,10-12H2,1H3,(H,21,22)(H,23,24). The summed E-state index contributed by atoms with van der Waals surface area (Å²) in [6.45, 7) is 0.905. The summed E-state index contributed by atoms with van der Waals surface area (Å²) in [4.78, 5) is 24.6. The van der Waals surface area contributed by atoms with Crippen LogP contribution in [-0.4, -0.2) is 48.6 Å². The highest BCUT2D eigenvalue weighted by atomic mass is 32.2. The molecule has 27 heavy (non-hydrogen) atoms. The molecule has 0 spiro atoms. The number of aromatic carboxylic acids is 1. The van der Waals surface area contributed by atoms with E-state index in [1.807, 2.05) is 24.5 Å². The van der Waals surface area contributed by atoms with Crippen molar-refractivity contribution in [1.82, 2.24) is 5.32 Å². The lowest BCUT2D eigenvalue weighted by Crippen LogP contribution is -2.51. The molecule has 2 unspecified atom stereocenters. The summed E-state index contributed by atoms with van der Waals surface area (Å²) in [6, 6.07) is 13.5. The van der Waals surface area contributed by atoms with Crippen LogP contribution in [0.15, 0.2) is 53.4 Å². The van der Waals surface area contributed by atoms with Gasteiger partial charge in [0, 0.05) is 11.5 Å². The molecule has 7 heteroatoms. The van der Waals surface area contributed by atoms with Gasteiger partial charge in [0.2, 0.25) is 0 Å². The first kappa shape index (κ1) is 19.3. The van der Waals surface area contributed by atoms with Crippen LogP contribution in [0.2, 0.25) is 0 Å². The number of carboxylic acid groups (broad SMARTS) is 1. The highest BCUT2D eigenvalue weighted by Crippen LogP contribution is 2.22. The number of rotatable bonds is 6. The Bertz CT molecular complexity index is 808. The molecule has 0 aliphatic carbocycles. The number of thioether (sulfide) groups is 1. The maximum Gasteiger partial charge on any atom is 0.335 e. The second kappa shape index (κ2) is 8.92. The molecule has 0 aromatic heterocycles. The zero-order valence-corrected chi connectivity index (χ0v) is 15.7. The van der Waals surface area contributed by atoms with E-state index in [1.54, 1.807) is 18.2 Å². The summed E-state index contributed by atoms with van der Waals surface area (Å²) in [5.41, 5.74) is 0.835. The van der Waals surface area contributed by atoms with Gasteiger partial charge in [0.1, 0.15) is 11.9 Å². The van der Waals surface area contributed by atoms with Gasteiger partial charge in [-0.2, -0.15) is 0 Å². The Morgan fingerprint density at radius 3 is 2.63 bits per heavy atom. The van der Waals surface area contributed by atoms with E-state index in [1.165, 1.54) is 23.9 Å². The second-order valence-electron chi connectivity index (χ2n) is 6.13. The first-order chi connectivity index (χ1) is 13.1. The van der Waals surface area contributed by atoms with Gasteiger partial charge >= 0.3 is 5.97 Å². The lowest BCUT2D eigenvalue weighted by molar-refractivity contribution is -0.0135. The molecule has 1 saturated heterocycles. The second-order valence-corrected chi connectivity index (χ2v) is 6.98. The molecule has 6 nitrogen and oxygen atoms in total. The molecule has 3 rings (SSSR count). The Balaban J connectivity index is 1.69. The van der Waals surface area contributed by atoms with Gasteiger partial charge in [-0.3, -0.25) is 4.79 Å². The third-order valence-electron chi connectivity index (χ3n) is 4.36. The molecule has 0 saturated carbocycles. The van der Waals surface area contributed by atoms with Gasteiger partial charge in [-0.05, 0) is 49.1 Å². The van der Waals surface area contributed by atoms with Crippen molar-refractivity contribution in [3.8, 4) is 5.75 Å². The van der Waals surface area contributed by atoms with Crippen LogP contribution in [0.5, 0.6) is 5.75 Å². The van der Waals surface area contributed by atoms with E-state index in [4.69, 9.17) is 14.6 Å². The lowest BCUT2D eigenvalue weighted by Gasteiger charge is -2.32. The van der Waals surface area contributed by atoms with Crippen LogP contribution in [0.4, 0.5) is 0 Å². The maximum atomic E-state index is 12.7. The van der Waals surface area contributed by atoms with E-state index in [2.05, 4.69) is 5.32 Å². The molecular formula is C20H21NO5S. The van der Waals surface area contributed by atoms with E-state index in [-0.39, 0.29) is 23.6 Å². The highest BCUT2D eigenvalue weighted by molar-refractivity contribution is 7.98. The Kier molecular flexibility index (Phi) is 6.36. The first-order valence-electron chi connectivity index (χ1n) is 8.60. The molecule has 2 atom stereocenters. The summed E-state index contributed by atoms with van der Waals surface area (Å²) in [5, 5.41) is 12.0. The van der Waals surface area contributed by atoms with Crippen molar-refractivity contribution in [3.63, 3.8) is 0 Å². The number of benzene rings is 2. The van der Waals surface area contributed by atoms with Crippen molar-refractivity contribution in [2.75, 3.05) is 19.5 Å². The normalized spacial score (nSPS) is 19.3. The smallest absolute Gasteiger partial charge is 0.335 e. The van der Waals surface area contributed by atoms with Gasteiger partial charge < -0.3 is 19.9 Å². The summed E-state index contributed by atoms with van der Waals surface area (Å²) in [7, 11) is 0. The average Bonchev–Trinajstić information content (AvgIpc) is 2.69. The highest BCUT2D eigenvalue weighted by Gasteiger charge is 2.29. The Hall–Kier alpha value is -2.51. The molecule has 1 aliphatic heterocycles. The van der Waals surface area contributed by atoms with Crippen molar-refractivity contribution >= 4 is 23.6 Å². The maximum absolute atomic E-state index is 12.7. The molecule has 2 N–H and O–H groups in total. The van der Waals surface area contributed by atoms with E-state index in [9.17, 15) is 9.59 Å². The number of carbonyl (C=O) groups excluding carboxylic acids is 1. The third-order valence-corrected chi connectivity index (χ3v) is 5.16. The number of carbonyl (C=O) groups is 2. The molecule has 142 valence electrons. The van der Waals surface area contributed by atoms with E-state index >= 15 is 0 Å². The topological polar surface area (TPSA) is 84.9 Å². The van der Waals surface area contributed by atoms with E-state index in [0.29, 0.717) is 30.9 Å². The van der Waals surface area contributed by atoms with Crippen molar-refractivity contribution < 1.29 is 24.2 Å². The van der Waals surface area contributed by atoms with Crippen molar-refractivity contribution in [3.05, 3.63) is 59.7 Å². The van der Waals surface area contributed by atoms with Crippen LogP contribution >= 0.6 is 11.8 Å². The van der Waals surface area contributed by atoms with Crippen molar-refractivity contribution in [1.29, 1.82) is 0 Å². The van der Waals surface area contributed by atoms with E-state index < -0.39 is 5.97 Å². The first-order valence-corrected chi connectivity index (χ1v) is 9.82. The third kappa shape index (κ3) is 4.81. The predicted molar refractivity (Wildman–Crippen MR) is 103 cm³/mol. The Labute approximate surface area is 161 Å². The Morgan fingerprint density at radius 1 is 1.19 bits per heavy atom. The molecule has 2 aromatic carbocycles. The van der Waals surface area contributed by atoms with Crippen molar-refractivity contribution in [2.24, 2.45) is 0 Å². The predicted octanol–water partition coefficient (Wildman–Crippen LogP) is 3.07. The molecule has 1 aliphatic rings. The minimum atomic E-state index is -0.986. The zero-order chi connectivity index (χ0) is 19.2. The minimum absolute atomic E-state index is 0.137. The molecular weight excluding hydrogens is 366 g/mol. The molecule has 1 amide bonds. The zero-order valence-electron chi connectivity index (χ0n) is 14.9. The number of ether oxygens (including phenoxy) is 2. The number of carboxylic acids is 1. The molecule has 1 fully saturated rings. The summed E-state index contributed by atoms with van der Waals surface area (Å²) < 4.78 is 11.5. The van der Waals surface area contributed by atoms with Crippen LogP contribution in [0.3, 0.4) is 0 Å². The SMILES string of the molecule is CSc1ccccc1C(=O)NC1CCOCC1Oc1ccc(C(=O)O)cc1. The Morgan fingerprint density at radius 2 is 1.93 bits per heavy atom. The van der Waals surface area contributed by atoms with Gasteiger partial charge in [0.05, 0.1) is 23.8 Å². The van der Waals surface area contributed by atoms with Crippen LogP contribution in [0, 0.1) is 0 Å². The fraction of sp³-hybridized carbons (Fsp3) is 0.300. The van der Waals surface area contributed by atoms with Gasteiger partial charge in [0.25, 0.3) is 5.91 Å². The van der Waals surface area contributed by atoms with Crippen LogP contribution < -0.4 is 10.1 Å². The van der Waals surface area contributed by atoms with Gasteiger partial charge in [-0.1, -0.05) is 12.1 Å². The fourth-order valence-corrected chi connectivity index (χ4v) is 3.52. The van der Waals surface area contributed by atoms with Crippen LogP contribution in [0.25, 0.3) is 0 Å². The van der Waals surface area contributed by atoms with Gasteiger partial charge in [-0.15, -0.1) is 11.8 Å². The fourth-order valence-electron chi connectivity index (χ4n) is 2.92.